The number of aryl methyl sites for hydroxylation is 4. The minimum atomic E-state index is -5.36. The molecule has 0 bridgehead atoms. The minimum Gasteiger partial charge on any atom is -0.481 e. The summed E-state index contributed by atoms with van der Waals surface area (Å²) in [5.41, 5.74) is -6.86. The molecule has 374 valence electrons. The molecule has 0 radical (unpaired) electrons. The molecule has 0 saturated heterocycles. The van der Waals surface area contributed by atoms with E-state index in [-0.39, 0.29) is 49.8 Å². The van der Waals surface area contributed by atoms with Crippen LogP contribution in [0.1, 0.15) is 64.0 Å². The molecule has 12 nitrogen and oxygen atoms in total. The lowest BCUT2D eigenvalue weighted by Crippen LogP contribution is -2.50. The van der Waals surface area contributed by atoms with E-state index >= 15 is 26.3 Å². The van der Waals surface area contributed by atoms with Crippen LogP contribution in [0.5, 0.6) is 0 Å². The number of ether oxygens (including phenoxy) is 1. The van der Waals surface area contributed by atoms with Gasteiger partial charge in [0.1, 0.15) is 5.69 Å². The van der Waals surface area contributed by atoms with Gasteiger partial charge in [-0.25, -0.2) is 19.4 Å². The van der Waals surface area contributed by atoms with Crippen molar-refractivity contribution in [3.8, 4) is 22.3 Å². The third-order valence-corrected chi connectivity index (χ3v) is 14.3. The number of rotatable bonds is 12. The molecule has 3 heterocycles. The van der Waals surface area contributed by atoms with Crippen LogP contribution in [0, 0.1) is 0 Å². The molecular weight excluding hydrogens is 991 g/mol. The molecule has 0 amide bonds. The second-order valence-corrected chi connectivity index (χ2v) is 18.5. The van der Waals surface area contributed by atoms with E-state index in [9.17, 15) is 29.4 Å². The van der Waals surface area contributed by atoms with Crippen molar-refractivity contribution >= 4 is 57.2 Å². The van der Waals surface area contributed by atoms with Gasteiger partial charge >= 0.3 is 35.7 Å². The predicted octanol–water partition coefficient (Wildman–Crippen LogP) is 10.7. The first kappa shape index (κ1) is 51.2. The van der Waals surface area contributed by atoms with Crippen LogP contribution in [0.3, 0.4) is 0 Å². The van der Waals surface area contributed by atoms with E-state index in [0.717, 1.165) is 52.6 Å². The van der Waals surface area contributed by atoms with Crippen LogP contribution in [0.15, 0.2) is 125 Å². The molecule has 0 spiro atoms. The number of benzene rings is 5. The predicted molar refractivity (Wildman–Crippen MR) is 259 cm³/mol. The maximum absolute atomic E-state index is 16.3. The highest BCUT2D eigenvalue weighted by molar-refractivity contribution is 6.32. The second kappa shape index (κ2) is 18.5. The zero-order chi connectivity index (χ0) is 52.6. The third-order valence-electron chi connectivity index (χ3n) is 13.6. The molecule has 2 N–H and O–H groups in total. The van der Waals surface area contributed by atoms with Crippen molar-refractivity contribution in [2.24, 2.45) is 28.2 Å². The molecule has 8 aromatic rings. The van der Waals surface area contributed by atoms with E-state index in [1.165, 1.54) is 98.8 Å². The SMILES string of the molecule is CC(c1ccc(-c2ccc(C(=O)OC(c3ccc4c(c3)n(C)c(=O)n4C)(C(C)c3ccc(-c4cccc(CC(=O)O)c4)cc3Cl)C(F)(F)F)nc2)cc1Cl)C(O)(c1ccc2c(c1)n(C)c(=O)n2C)C(F)(F)F. The summed E-state index contributed by atoms with van der Waals surface area (Å²) in [7, 11) is 5.70. The van der Waals surface area contributed by atoms with Gasteiger partial charge in [-0.1, -0.05) is 104 Å². The summed E-state index contributed by atoms with van der Waals surface area (Å²) in [5, 5.41) is 20.6. The van der Waals surface area contributed by atoms with E-state index in [1.807, 2.05) is 0 Å². The van der Waals surface area contributed by atoms with Crippen molar-refractivity contribution in [2.45, 2.75) is 55.7 Å². The number of carbonyl (C=O) groups is 2. The zero-order valence-electron chi connectivity index (χ0n) is 39.0. The molecule has 3 aromatic heterocycles. The lowest BCUT2D eigenvalue weighted by molar-refractivity contribution is -0.274. The number of halogens is 8. The Kier molecular flexibility index (Phi) is 13.1. The molecule has 0 aliphatic rings. The van der Waals surface area contributed by atoms with Crippen molar-refractivity contribution in [1.29, 1.82) is 0 Å². The van der Waals surface area contributed by atoms with Crippen molar-refractivity contribution in [2.75, 3.05) is 0 Å². The standard InChI is InChI=1S/C52H43Cl2F6N5O7/c1-27(49(71,51(55,56)57)34-13-18-41-43(24-34)64(5)47(69)62(41)3)36-15-11-32(23-38(36)53)33-12-17-40(61-26-33)46(68)72-50(52(58,59)60,35-14-19-42-44(25-35)65(6)48(70)63(42)4)28(2)37-16-10-31(22-39(37)54)30-9-7-8-29(20-30)21-45(66)67/h7-20,22-28,71H,21H2,1-6H3,(H,66,67). The number of esters is 1. The van der Waals surface area contributed by atoms with Gasteiger partial charge in [0.05, 0.1) is 28.5 Å². The van der Waals surface area contributed by atoms with E-state index in [1.54, 1.807) is 24.3 Å². The van der Waals surface area contributed by atoms with Crippen molar-refractivity contribution in [3.05, 3.63) is 180 Å². The van der Waals surface area contributed by atoms with Crippen LogP contribution in [0.25, 0.3) is 44.3 Å². The molecular formula is C52H43Cl2F6N5O7. The molecule has 4 atom stereocenters. The molecule has 4 unspecified atom stereocenters. The van der Waals surface area contributed by atoms with Crippen LogP contribution >= 0.6 is 23.2 Å². The van der Waals surface area contributed by atoms with Gasteiger partial charge in [-0.15, -0.1) is 0 Å². The van der Waals surface area contributed by atoms with Crippen molar-refractivity contribution in [3.63, 3.8) is 0 Å². The summed E-state index contributed by atoms with van der Waals surface area (Å²) in [6, 6.07) is 24.3. The van der Waals surface area contributed by atoms with Crippen LogP contribution < -0.4 is 11.4 Å². The number of imidazole rings is 2. The number of nitrogens with zero attached hydrogens (tertiary/aromatic N) is 5. The fourth-order valence-corrected chi connectivity index (χ4v) is 10.2. The number of carbonyl (C=O) groups excluding carboxylic acids is 1. The Morgan fingerprint density at radius 1 is 0.611 bits per heavy atom. The Labute approximate surface area is 415 Å². The topological polar surface area (TPSA) is 151 Å². The first-order valence-corrected chi connectivity index (χ1v) is 22.7. The van der Waals surface area contributed by atoms with Gasteiger partial charge < -0.3 is 14.9 Å². The minimum absolute atomic E-state index is 0.0786. The lowest BCUT2D eigenvalue weighted by Gasteiger charge is -2.40. The van der Waals surface area contributed by atoms with Crippen LogP contribution in [-0.2, 0) is 55.3 Å². The highest BCUT2D eigenvalue weighted by atomic mass is 35.5. The Morgan fingerprint density at radius 3 is 1.60 bits per heavy atom. The van der Waals surface area contributed by atoms with Gasteiger partial charge in [-0.3, -0.25) is 23.1 Å². The molecule has 5 aromatic carbocycles. The average Bonchev–Trinajstić information content (AvgIpc) is 3.68. The number of pyridine rings is 1. The average molecular weight is 1030 g/mol. The number of hydrogen-bond donors (Lipinski definition) is 2. The normalized spacial score (nSPS) is 14.8. The van der Waals surface area contributed by atoms with Gasteiger partial charge in [-0.05, 0) is 81.4 Å². The quantitative estimate of drug-likeness (QED) is 0.0907. The number of alkyl halides is 6. The number of fused-ring (bicyclic) bond motifs is 2. The van der Waals surface area contributed by atoms with Crippen LogP contribution in [0.2, 0.25) is 10.0 Å². The summed E-state index contributed by atoms with van der Waals surface area (Å²) in [6.45, 7) is 2.34. The Morgan fingerprint density at radius 2 is 1.10 bits per heavy atom. The first-order chi connectivity index (χ1) is 33.7. The Hall–Kier alpha value is -7.15. The van der Waals surface area contributed by atoms with Gasteiger partial charge in [0.2, 0.25) is 5.60 Å². The molecule has 0 aliphatic heterocycles. The van der Waals surface area contributed by atoms with Gasteiger partial charge in [-0.2, -0.15) is 26.3 Å². The number of aromatic nitrogens is 5. The summed E-state index contributed by atoms with van der Waals surface area (Å²) < 4.78 is 104. The van der Waals surface area contributed by atoms with Crippen molar-refractivity contribution in [1.82, 2.24) is 23.3 Å². The summed E-state index contributed by atoms with van der Waals surface area (Å²) in [6.07, 6.45) is -9.72. The largest absolute Gasteiger partial charge is 0.481 e. The van der Waals surface area contributed by atoms with E-state index in [0.29, 0.717) is 27.7 Å². The second-order valence-electron chi connectivity index (χ2n) is 17.7. The molecule has 20 heteroatoms. The van der Waals surface area contributed by atoms with E-state index in [4.69, 9.17) is 27.9 Å². The summed E-state index contributed by atoms with van der Waals surface area (Å²) in [5.74, 6) is -6.04. The maximum Gasteiger partial charge on any atom is 0.433 e. The Bertz CT molecular complexity index is 3600. The Balaban J connectivity index is 1.14. The fourth-order valence-electron chi connectivity index (χ4n) is 9.48. The van der Waals surface area contributed by atoms with E-state index < -0.39 is 75.5 Å². The monoisotopic (exact) mass is 1030 g/mol. The maximum atomic E-state index is 16.3. The summed E-state index contributed by atoms with van der Waals surface area (Å²) >= 11 is 13.5. The van der Waals surface area contributed by atoms with E-state index in [2.05, 4.69) is 4.98 Å². The number of hydrogen-bond acceptors (Lipinski definition) is 7. The molecule has 8 rings (SSSR count). The number of aliphatic hydroxyl groups is 1. The molecule has 0 fully saturated rings. The highest BCUT2D eigenvalue weighted by Crippen LogP contribution is 2.54. The smallest absolute Gasteiger partial charge is 0.433 e. The molecule has 72 heavy (non-hydrogen) atoms. The van der Waals surface area contributed by atoms with Crippen LogP contribution in [0.4, 0.5) is 26.3 Å². The third kappa shape index (κ3) is 8.53. The molecule has 0 saturated carbocycles. The number of carboxylic acids is 1. The van der Waals surface area contributed by atoms with Gasteiger partial charge in [0.15, 0.2) is 5.60 Å². The lowest BCUT2D eigenvalue weighted by atomic mass is 9.77. The fraction of sp³-hybridized carbons (Fsp3) is 0.250. The molecule has 0 aliphatic carbocycles. The number of aliphatic carboxylic acids is 1. The van der Waals surface area contributed by atoms with Gasteiger partial charge in [0.25, 0.3) is 0 Å². The summed E-state index contributed by atoms with van der Waals surface area (Å²) in [4.78, 5) is 55.1. The first-order valence-electron chi connectivity index (χ1n) is 22.0. The zero-order valence-corrected chi connectivity index (χ0v) is 40.5. The number of carboxylic acid groups (broad SMARTS) is 1. The highest BCUT2D eigenvalue weighted by Gasteiger charge is 2.64. The van der Waals surface area contributed by atoms with Crippen molar-refractivity contribution < 1.29 is 50.9 Å². The van der Waals surface area contributed by atoms with Crippen LogP contribution in [-0.4, -0.2) is 57.8 Å². The van der Waals surface area contributed by atoms with Gasteiger partial charge in [0, 0.05) is 67.4 Å².